The van der Waals surface area contributed by atoms with Crippen LogP contribution in [0.5, 0.6) is 0 Å². The van der Waals surface area contributed by atoms with Gasteiger partial charge in [0.2, 0.25) is 0 Å². The summed E-state index contributed by atoms with van der Waals surface area (Å²) in [6, 6.07) is 0. The molecule has 0 aromatic carbocycles. The standard InChI is InChI=1S/C10H16O2/c1-4-5-6-9(10(11)12)7-8(2)3/h1,8-9H,5-7H2,2-3H3,(H,11,12). The molecule has 68 valence electrons. The molecule has 1 unspecified atom stereocenters. The lowest BCUT2D eigenvalue weighted by Gasteiger charge is -2.12. The lowest BCUT2D eigenvalue weighted by molar-refractivity contribution is -0.142. The van der Waals surface area contributed by atoms with E-state index in [9.17, 15) is 4.79 Å². The number of aliphatic carboxylic acids is 1. The highest BCUT2D eigenvalue weighted by molar-refractivity contribution is 5.69. The third-order valence-electron chi connectivity index (χ3n) is 1.74. The van der Waals surface area contributed by atoms with Crippen molar-refractivity contribution in [1.29, 1.82) is 0 Å². The molecular weight excluding hydrogens is 152 g/mol. The predicted molar refractivity (Wildman–Crippen MR) is 48.6 cm³/mol. The first-order valence-corrected chi connectivity index (χ1v) is 4.24. The fraction of sp³-hybridized carbons (Fsp3) is 0.700. The molecule has 0 saturated heterocycles. The summed E-state index contributed by atoms with van der Waals surface area (Å²) in [7, 11) is 0. The Labute approximate surface area is 74.0 Å². The smallest absolute Gasteiger partial charge is 0.306 e. The molecule has 0 radical (unpaired) electrons. The number of rotatable bonds is 5. The van der Waals surface area contributed by atoms with Gasteiger partial charge in [0.1, 0.15) is 0 Å². The van der Waals surface area contributed by atoms with Crippen LogP contribution in [0, 0.1) is 24.2 Å². The van der Waals surface area contributed by atoms with Crippen LogP contribution in [0.4, 0.5) is 0 Å². The van der Waals surface area contributed by atoms with E-state index in [1.54, 1.807) is 0 Å². The Kier molecular flexibility index (Phi) is 5.19. The van der Waals surface area contributed by atoms with E-state index in [2.05, 4.69) is 5.92 Å². The number of carboxylic acid groups (broad SMARTS) is 1. The van der Waals surface area contributed by atoms with Gasteiger partial charge in [0.25, 0.3) is 0 Å². The van der Waals surface area contributed by atoms with Crippen LogP contribution in [0.2, 0.25) is 0 Å². The van der Waals surface area contributed by atoms with Crippen molar-refractivity contribution in [3.05, 3.63) is 0 Å². The minimum atomic E-state index is -0.723. The Morgan fingerprint density at radius 2 is 2.17 bits per heavy atom. The normalized spacial score (nSPS) is 12.5. The second-order valence-electron chi connectivity index (χ2n) is 3.41. The molecule has 0 aromatic heterocycles. The minimum Gasteiger partial charge on any atom is -0.481 e. The molecule has 0 saturated carbocycles. The SMILES string of the molecule is C#CCCC(CC(C)C)C(=O)O. The van der Waals surface area contributed by atoms with Crippen molar-refractivity contribution < 1.29 is 9.90 Å². The van der Waals surface area contributed by atoms with Gasteiger partial charge in [-0.15, -0.1) is 12.3 Å². The number of hydrogen-bond donors (Lipinski definition) is 1. The molecule has 2 nitrogen and oxygen atoms in total. The molecule has 1 atom stereocenters. The summed E-state index contributed by atoms with van der Waals surface area (Å²) in [6.45, 7) is 4.04. The van der Waals surface area contributed by atoms with E-state index in [1.165, 1.54) is 0 Å². The van der Waals surface area contributed by atoms with Gasteiger partial charge in [-0.05, 0) is 18.8 Å². The highest BCUT2D eigenvalue weighted by Gasteiger charge is 2.17. The largest absolute Gasteiger partial charge is 0.481 e. The van der Waals surface area contributed by atoms with Crippen LogP contribution in [0.15, 0.2) is 0 Å². The summed E-state index contributed by atoms with van der Waals surface area (Å²) in [5.74, 6) is 1.90. The zero-order valence-electron chi connectivity index (χ0n) is 7.71. The van der Waals surface area contributed by atoms with Crippen molar-refractivity contribution >= 4 is 5.97 Å². The third kappa shape index (κ3) is 4.79. The van der Waals surface area contributed by atoms with Crippen molar-refractivity contribution in [3.63, 3.8) is 0 Å². The Balaban J connectivity index is 3.89. The maximum Gasteiger partial charge on any atom is 0.306 e. The molecule has 0 aliphatic rings. The first-order chi connectivity index (χ1) is 5.57. The van der Waals surface area contributed by atoms with Crippen LogP contribution in [0.25, 0.3) is 0 Å². The molecule has 0 spiro atoms. The molecule has 0 rings (SSSR count). The van der Waals surface area contributed by atoms with Crippen molar-refractivity contribution in [2.24, 2.45) is 11.8 Å². The van der Waals surface area contributed by atoms with Gasteiger partial charge in [-0.25, -0.2) is 0 Å². The fourth-order valence-electron chi connectivity index (χ4n) is 1.17. The molecule has 0 aromatic rings. The summed E-state index contributed by atoms with van der Waals surface area (Å²) < 4.78 is 0. The number of carbonyl (C=O) groups is 1. The third-order valence-corrected chi connectivity index (χ3v) is 1.74. The van der Waals surface area contributed by atoms with Crippen LogP contribution in [0.1, 0.15) is 33.1 Å². The van der Waals surface area contributed by atoms with Crippen LogP contribution < -0.4 is 0 Å². The number of hydrogen-bond acceptors (Lipinski definition) is 1. The van der Waals surface area contributed by atoms with E-state index < -0.39 is 5.97 Å². The average molecular weight is 168 g/mol. The van der Waals surface area contributed by atoms with Gasteiger partial charge in [-0.2, -0.15) is 0 Å². The van der Waals surface area contributed by atoms with E-state index in [0.717, 1.165) is 6.42 Å². The van der Waals surface area contributed by atoms with Crippen molar-refractivity contribution in [3.8, 4) is 12.3 Å². The van der Waals surface area contributed by atoms with E-state index in [1.807, 2.05) is 13.8 Å². The second kappa shape index (κ2) is 5.65. The zero-order chi connectivity index (χ0) is 9.56. The lowest BCUT2D eigenvalue weighted by Crippen LogP contribution is -2.15. The summed E-state index contributed by atoms with van der Waals surface area (Å²) in [5.41, 5.74) is 0. The fourth-order valence-corrected chi connectivity index (χ4v) is 1.17. The maximum absolute atomic E-state index is 10.7. The number of carboxylic acids is 1. The van der Waals surface area contributed by atoms with E-state index in [4.69, 9.17) is 11.5 Å². The van der Waals surface area contributed by atoms with Crippen LogP contribution >= 0.6 is 0 Å². The molecule has 0 heterocycles. The van der Waals surface area contributed by atoms with E-state index in [-0.39, 0.29) is 5.92 Å². The van der Waals surface area contributed by atoms with Gasteiger partial charge in [-0.1, -0.05) is 13.8 Å². The molecule has 12 heavy (non-hydrogen) atoms. The summed E-state index contributed by atoms with van der Waals surface area (Å²) in [5, 5.41) is 8.78. The molecule has 2 heteroatoms. The average Bonchev–Trinajstić information content (AvgIpc) is 1.96. The van der Waals surface area contributed by atoms with Gasteiger partial charge in [0.15, 0.2) is 0 Å². The van der Waals surface area contributed by atoms with Crippen LogP contribution in [-0.4, -0.2) is 11.1 Å². The molecule has 0 aliphatic heterocycles. The van der Waals surface area contributed by atoms with Gasteiger partial charge >= 0.3 is 5.97 Å². The Hall–Kier alpha value is -0.970. The highest BCUT2D eigenvalue weighted by atomic mass is 16.4. The Bertz CT molecular complexity index is 177. The maximum atomic E-state index is 10.7. The molecule has 1 N–H and O–H groups in total. The van der Waals surface area contributed by atoms with E-state index in [0.29, 0.717) is 18.8 Å². The van der Waals surface area contributed by atoms with Gasteiger partial charge in [0.05, 0.1) is 5.92 Å². The van der Waals surface area contributed by atoms with Crippen LogP contribution in [0.3, 0.4) is 0 Å². The van der Waals surface area contributed by atoms with E-state index >= 15 is 0 Å². The predicted octanol–water partition coefficient (Wildman–Crippen LogP) is 2.15. The first kappa shape index (κ1) is 11.0. The highest BCUT2D eigenvalue weighted by Crippen LogP contribution is 2.16. The quantitative estimate of drug-likeness (QED) is 0.638. The van der Waals surface area contributed by atoms with Gasteiger partial charge < -0.3 is 5.11 Å². The molecule has 0 bridgehead atoms. The molecule has 0 aliphatic carbocycles. The summed E-state index contributed by atoms with van der Waals surface area (Å²) in [4.78, 5) is 10.7. The molecule has 0 fully saturated rings. The van der Waals surface area contributed by atoms with Gasteiger partial charge in [0, 0.05) is 6.42 Å². The summed E-state index contributed by atoms with van der Waals surface area (Å²) in [6.07, 6.45) is 6.94. The number of terminal acetylenes is 1. The monoisotopic (exact) mass is 168 g/mol. The van der Waals surface area contributed by atoms with Crippen molar-refractivity contribution in [2.45, 2.75) is 33.1 Å². The molecular formula is C10H16O2. The molecule has 0 amide bonds. The first-order valence-electron chi connectivity index (χ1n) is 4.24. The van der Waals surface area contributed by atoms with Crippen molar-refractivity contribution in [1.82, 2.24) is 0 Å². The summed E-state index contributed by atoms with van der Waals surface area (Å²) >= 11 is 0. The Morgan fingerprint density at radius 1 is 1.58 bits per heavy atom. The zero-order valence-corrected chi connectivity index (χ0v) is 7.71. The van der Waals surface area contributed by atoms with Crippen molar-refractivity contribution in [2.75, 3.05) is 0 Å². The second-order valence-corrected chi connectivity index (χ2v) is 3.41. The Morgan fingerprint density at radius 3 is 2.50 bits per heavy atom. The topological polar surface area (TPSA) is 37.3 Å². The minimum absolute atomic E-state index is 0.263. The lowest BCUT2D eigenvalue weighted by atomic mass is 9.93. The van der Waals surface area contributed by atoms with Crippen LogP contribution in [-0.2, 0) is 4.79 Å². The van der Waals surface area contributed by atoms with Gasteiger partial charge in [-0.3, -0.25) is 4.79 Å².